The number of nitrogens with one attached hydrogen (secondary N) is 1. The van der Waals surface area contributed by atoms with Gasteiger partial charge in [0.2, 0.25) is 5.91 Å². The molecule has 4 heteroatoms. The molecule has 0 saturated carbocycles. The minimum atomic E-state index is -0.0801. The summed E-state index contributed by atoms with van der Waals surface area (Å²) in [4.78, 5) is 12.2. The second-order valence-corrected chi connectivity index (χ2v) is 5.37. The van der Waals surface area contributed by atoms with E-state index in [-0.39, 0.29) is 24.5 Å². The van der Waals surface area contributed by atoms with Crippen LogP contribution in [-0.4, -0.2) is 30.3 Å². The van der Waals surface area contributed by atoms with Crippen molar-refractivity contribution in [2.75, 3.05) is 18.5 Å². The van der Waals surface area contributed by atoms with Crippen molar-refractivity contribution in [3.63, 3.8) is 0 Å². The second kappa shape index (κ2) is 7.26. The quantitative estimate of drug-likeness (QED) is 0.837. The van der Waals surface area contributed by atoms with Gasteiger partial charge in [0.05, 0.1) is 25.2 Å². The first-order chi connectivity index (χ1) is 10.1. The molecule has 1 amide bonds. The molecule has 2 rings (SSSR count). The van der Waals surface area contributed by atoms with Crippen molar-refractivity contribution in [1.29, 1.82) is 0 Å². The Morgan fingerprint density at radius 2 is 2.33 bits per heavy atom. The van der Waals surface area contributed by atoms with Crippen LogP contribution >= 0.6 is 0 Å². The second-order valence-electron chi connectivity index (χ2n) is 5.37. The molecule has 1 fully saturated rings. The van der Waals surface area contributed by atoms with Crippen molar-refractivity contribution in [2.24, 2.45) is 5.92 Å². The lowest BCUT2D eigenvalue weighted by Gasteiger charge is -2.12. The smallest absolute Gasteiger partial charge is 0.229 e. The number of aryl methyl sites for hydroxylation is 1. The van der Waals surface area contributed by atoms with E-state index in [0.29, 0.717) is 13.0 Å². The third-order valence-electron chi connectivity index (χ3n) is 3.53. The van der Waals surface area contributed by atoms with Gasteiger partial charge in [-0.3, -0.25) is 4.79 Å². The van der Waals surface area contributed by atoms with Crippen LogP contribution in [0.2, 0.25) is 0 Å². The Morgan fingerprint density at radius 1 is 1.52 bits per heavy atom. The van der Waals surface area contributed by atoms with Crippen LogP contribution in [0.15, 0.2) is 18.2 Å². The topological polar surface area (TPSA) is 58.6 Å². The fraction of sp³-hybridized carbons (Fsp3) is 0.471. The first-order valence-electron chi connectivity index (χ1n) is 7.23. The molecule has 1 aliphatic rings. The molecule has 112 valence electrons. The highest BCUT2D eigenvalue weighted by atomic mass is 16.5. The Hall–Kier alpha value is -1.83. The van der Waals surface area contributed by atoms with Crippen molar-refractivity contribution in [2.45, 2.75) is 32.8 Å². The SMILES string of the molecule is Cc1ccc(C#CCCO)cc1NC(=O)C1COC(C)C1. The number of ether oxygens (including phenoxy) is 1. The summed E-state index contributed by atoms with van der Waals surface area (Å²) < 4.78 is 5.44. The van der Waals surface area contributed by atoms with E-state index in [2.05, 4.69) is 17.2 Å². The molecular formula is C17H21NO3. The number of rotatable bonds is 3. The Balaban J connectivity index is 2.07. The summed E-state index contributed by atoms with van der Waals surface area (Å²) in [6.07, 6.45) is 1.37. The molecule has 1 aliphatic heterocycles. The monoisotopic (exact) mass is 287 g/mol. The van der Waals surface area contributed by atoms with E-state index in [0.717, 1.165) is 23.2 Å². The highest BCUT2D eigenvalue weighted by Crippen LogP contribution is 2.22. The molecule has 4 nitrogen and oxygen atoms in total. The summed E-state index contributed by atoms with van der Waals surface area (Å²) in [5.74, 6) is 5.78. The summed E-state index contributed by atoms with van der Waals surface area (Å²) in [5.41, 5.74) is 2.62. The largest absolute Gasteiger partial charge is 0.395 e. The van der Waals surface area contributed by atoms with Gasteiger partial charge < -0.3 is 15.2 Å². The summed E-state index contributed by atoms with van der Waals surface area (Å²) >= 11 is 0. The lowest BCUT2D eigenvalue weighted by atomic mass is 10.0. The van der Waals surface area contributed by atoms with E-state index in [9.17, 15) is 4.79 Å². The van der Waals surface area contributed by atoms with Gasteiger partial charge in [0.25, 0.3) is 0 Å². The maximum Gasteiger partial charge on any atom is 0.229 e. The summed E-state index contributed by atoms with van der Waals surface area (Å²) in [7, 11) is 0. The molecule has 1 aromatic carbocycles. The van der Waals surface area contributed by atoms with Gasteiger partial charge in [-0.1, -0.05) is 17.9 Å². The predicted octanol–water partition coefficient (Wildman–Crippen LogP) is 2.09. The summed E-state index contributed by atoms with van der Waals surface area (Å²) in [5, 5.41) is 11.7. The van der Waals surface area contributed by atoms with Gasteiger partial charge in [0, 0.05) is 17.7 Å². The summed E-state index contributed by atoms with van der Waals surface area (Å²) in [6, 6.07) is 5.72. The molecule has 1 aromatic rings. The average molecular weight is 287 g/mol. The van der Waals surface area contributed by atoms with Crippen LogP contribution in [0, 0.1) is 24.7 Å². The van der Waals surface area contributed by atoms with Crippen molar-refractivity contribution >= 4 is 11.6 Å². The van der Waals surface area contributed by atoms with E-state index in [1.807, 2.05) is 32.0 Å². The minimum absolute atomic E-state index is 0.00270. The van der Waals surface area contributed by atoms with Crippen LogP contribution in [0.3, 0.4) is 0 Å². The number of anilines is 1. The fourth-order valence-electron chi connectivity index (χ4n) is 2.29. The molecule has 0 bridgehead atoms. The number of aliphatic hydroxyl groups is 1. The van der Waals surface area contributed by atoms with Crippen LogP contribution in [0.4, 0.5) is 5.69 Å². The van der Waals surface area contributed by atoms with Crippen molar-refractivity contribution in [3.8, 4) is 11.8 Å². The molecule has 1 heterocycles. The molecule has 0 aliphatic carbocycles. The third-order valence-corrected chi connectivity index (χ3v) is 3.53. The molecule has 1 saturated heterocycles. The Morgan fingerprint density at radius 3 is 3.00 bits per heavy atom. The van der Waals surface area contributed by atoms with Crippen LogP contribution in [0.5, 0.6) is 0 Å². The van der Waals surface area contributed by atoms with Crippen LogP contribution in [-0.2, 0) is 9.53 Å². The standard InChI is InChI=1S/C17H21NO3/c1-12-6-7-14(5-3-4-8-19)10-16(12)18-17(20)15-9-13(2)21-11-15/h6-7,10,13,15,19H,4,8-9,11H2,1-2H3,(H,18,20). The highest BCUT2D eigenvalue weighted by Gasteiger charge is 2.28. The van der Waals surface area contributed by atoms with Crippen molar-refractivity contribution in [1.82, 2.24) is 0 Å². The van der Waals surface area contributed by atoms with Gasteiger partial charge in [-0.25, -0.2) is 0 Å². The average Bonchev–Trinajstić information content (AvgIpc) is 2.89. The molecule has 2 unspecified atom stereocenters. The number of hydrogen-bond donors (Lipinski definition) is 2. The lowest BCUT2D eigenvalue weighted by molar-refractivity contribution is -0.119. The number of amides is 1. The number of carbonyl (C=O) groups is 1. The molecule has 0 aromatic heterocycles. The van der Waals surface area contributed by atoms with Crippen LogP contribution in [0.25, 0.3) is 0 Å². The third kappa shape index (κ3) is 4.32. The molecule has 2 atom stereocenters. The number of carbonyl (C=O) groups excluding carboxylic acids is 1. The fourth-order valence-corrected chi connectivity index (χ4v) is 2.29. The Labute approximate surface area is 125 Å². The Bertz CT molecular complexity index is 571. The van der Waals surface area contributed by atoms with E-state index in [1.165, 1.54) is 0 Å². The van der Waals surface area contributed by atoms with E-state index in [4.69, 9.17) is 9.84 Å². The van der Waals surface area contributed by atoms with E-state index in [1.54, 1.807) is 0 Å². The van der Waals surface area contributed by atoms with Crippen LogP contribution in [0.1, 0.15) is 30.9 Å². The number of aliphatic hydroxyl groups excluding tert-OH is 1. The Kier molecular flexibility index (Phi) is 5.38. The zero-order valence-corrected chi connectivity index (χ0v) is 12.5. The van der Waals surface area contributed by atoms with Gasteiger partial charge in [-0.2, -0.15) is 0 Å². The van der Waals surface area contributed by atoms with E-state index < -0.39 is 0 Å². The van der Waals surface area contributed by atoms with E-state index >= 15 is 0 Å². The van der Waals surface area contributed by atoms with Gasteiger partial charge in [0.1, 0.15) is 0 Å². The minimum Gasteiger partial charge on any atom is -0.395 e. The van der Waals surface area contributed by atoms with Crippen molar-refractivity contribution in [3.05, 3.63) is 29.3 Å². The van der Waals surface area contributed by atoms with Crippen molar-refractivity contribution < 1.29 is 14.6 Å². The van der Waals surface area contributed by atoms with Gasteiger partial charge in [0.15, 0.2) is 0 Å². The number of benzene rings is 1. The van der Waals surface area contributed by atoms with Crippen LogP contribution < -0.4 is 5.32 Å². The maximum absolute atomic E-state index is 12.2. The maximum atomic E-state index is 12.2. The predicted molar refractivity (Wildman–Crippen MR) is 81.9 cm³/mol. The molecule has 2 N–H and O–H groups in total. The zero-order chi connectivity index (χ0) is 15.2. The molecule has 0 spiro atoms. The number of hydrogen-bond acceptors (Lipinski definition) is 3. The van der Waals surface area contributed by atoms with Gasteiger partial charge in [-0.05, 0) is 38.0 Å². The first-order valence-corrected chi connectivity index (χ1v) is 7.23. The molecule has 21 heavy (non-hydrogen) atoms. The van der Waals surface area contributed by atoms with Gasteiger partial charge in [-0.15, -0.1) is 0 Å². The first kappa shape index (κ1) is 15.6. The molecule has 0 radical (unpaired) electrons. The highest BCUT2D eigenvalue weighted by molar-refractivity contribution is 5.93. The zero-order valence-electron chi connectivity index (χ0n) is 12.5. The summed E-state index contributed by atoms with van der Waals surface area (Å²) in [6.45, 7) is 4.48. The normalized spacial score (nSPS) is 20.7. The lowest BCUT2D eigenvalue weighted by Crippen LogP contribution is -2.23. The van der Waals surface area contributed by atoms with Gasteiger partial charge >= 0.3 is 0 Å². The molecular weight excluding hydrogens is 266 g/mol.